The lowest BCUT2D eigenvalue weighted by atomic mass is 9.77. The van der Waals surface area contributed by atoms with Crippen LogP contribution in [0.4, 0.5) is 0 Å². The smallest absolute Gasteiger partial charge is 0.201 e. The van der Waals surface area contributed by atoms with Gasteiger partial charge in [-0.2, -0.15) is 0 Å². The second-order valence-electron chi connectivity index (χ2n) is 33.7. The zero-order valence-corrected chi connectivity index (χ0v) is 66.8. The molecular weight excluding hydrogens is 1260 g/mol. The molecule has 0 saturated heterocycles. The van der Waals surface area contributed by atoms with Crippen molar-refractivity contribution in [2.75, 3.05) is 0 Å². The van der Waals surface area contributed by atoms with Crippen LogP contribution in [0.3, 0.4) is 0 Å². The lowest BCUT2D eigenvalue weighted by Gasteiger charge is -2.26. The van der Waals surface area contributed by atoms with Gasteiger partial charge in [0.15, 0.2) is 24.8 Å². The van der Waals surface area contributed by atoms with Crippen molar-refractivity contribution >= 4 is 0 Å². The normalized spacial score (nSPS) is 14.7. The Morgan fingerprint density at radius 2 is 0.615 bits per heavy atom. The molecule has 0 fully saturated rings. The van der Waals surface area contributed by atoms with E-state index in [9.17, 15) is 0 Å². The van der Waals surface area contributed by atoms with E-state index in [0.29, 0.717) is 17.8 Å². The molecule has 12 aromatic rings. The van der Waals surface area contributed by atoms with E-state index in [1.807, 2.05) is 13.8 Å². The van der Waals surface area contributed by atoms with Gasteiger partial charge in [0.05, 0.1) is 0 Å². The molecule has 0 unspecified atom stereocenters. The van der Waals surface area contributed by atoms with Gasteiger partial charge in [-0.3, -0.25) is 0 Å². The van der Waals surface area contributed by atoms with Crippen LogP contribution < -0.4 is 18.3 Å². The quantitative estimate of drug-likeness (QED) is 0.135. The monoisotopic (exact) mass is 1370 g/mol. The first kappa shape index (κ1) is 71.4. The van der Waals surface area contributed by atoms with Gasteiger partial charge in [-0.25, -0.2) is 18.3 Å². The molecular formula is C100H112N4+4. The second kappa shape index (κ2) is 27.4. The first-order chi connectivity index (χ1) is 49.5. The number of benzene rings is 8. The molecule has 4 nitrogen and oxygen atoms in total. The van der Waals surface area contributed by atoms with Crippen LogP contribution in [0.25, 0.3) is 89.5 Å². The highest BCUT2D eigenvalue weighted by Crippen LogP contribution is 2.56. The fourth-order valence-corrected chi connectivity index (χ4v) is 17.8. The Balaban J connectivity index is 0.000000124. The first-order valence-electron chi connectivity index (χ1n) is 38.5. The molecule has 0 atom stereocenters. The summed E-state index contributed by atoms with van der Waals surface area (Å²) in [6.07, 6.45) is 8.47. The Morgan fingerprint density at radius 1 is 0.269 bits per heavy atom. The number of aromatic nitrogens is 4. The predicted molar refractivity (Wildman–Crippen MR) is 438 cm³/mol. The lowest BCUT2D eigenvalue weighted by molar-refractivity contribution is -0.660. The fraction of sp³-hybridized carbons (Fsp3) is 0.320. The van der Waals surface area contributed by atoms with Gasteiger partial charge < -0.3 is 0 Å². The first-order valence-corrected chi connectivity index (χ1v) is 38.0. The molecule has 0 amide bonds. The Morgan fingerprint density at radius 3 is 1.05 bits per heavy atom. The maximum absolute atomic E-state index is 8.67. The molecule has 0 bridgehead atoms. The number of aryl methyl sites for hydroxylation is 8. The van der Waals surface area contributed by atoms with E-state index >= 15 is 0 Å². The van der Waals surface area contributed by atoms with Crippen LogP contribution in [0.15, 0.2) is 219 Å². The fourth-order valence-electron chi connectivity index (χ4n) is 17.8. The maximum atomic E-state index is 8.67. The standard InChI is InChI=1S/4C25H28N/c1-16(2)18-10-9-11-21-24(18)20-14-17(3)19(15-22(20)25(21,4)5)23-12-7-8-13-26(23)6;1-16(2)18-10-9-11-19-21-14-17(3)20(23-12-7-8-13-26(23)6)15-22(21)25(4,5)24(18)19;1-16(2)18-10-11-22-21(14-18)20-13-17(3)19(15-23(20)25(22,4)5)24-9-7-8-12-26(24)6;1-16(2)18-10-11-19-21-13-17(3)20(24-9-7-8-12-26(24)6)15-23(21)25(4,5)22(19)14-18/h4*7-16H,1-6H3/q4*+1/i;16D;;. The van der Waals surface area contributed by atoms with Crippen LogP contribution >= 0.6 is 0 Å². The van der Waals surface area contributed by atoms with Crippen LogP contribution in [0, 0.1) is 27.7 Å². The number of hydrogen-bond donors (Lipinski definition) is 0. The van der Waals surface area contributed by atoms with Gasteiger partial charge in [0.1, 0.15) is 28.2 Å². The third kappa shape index (κ3) is 12.5. The van der Waals surface area contributed by atoms with Crippen LogP contribution in [-0.4, -0.2) is 0 Å². The molecule has 104 heavy (non-hydrogen) atoms. The summed E-state index contributed by atoms with van der Waals surface area (Å²) in [5.41, 5.74) is 43.6. The van der Waals surface area contributed by atoms with Gasteiger partial charge in [0.25, 0.3) is 0 Å². The van der Waals surface area contributed by atoms with E-state index in [-0.39, 0.29) is 21.7 Å². The van der Waals surface area contributed by atoms with Crippen molar-refractivity contribution in [3.63, 3.8) is 0 Å². The van der Waals surface area contributed by atoms with E-state index < -0.39 is 5.89 Å². The number of fused-ring (bicyclic) bond motifs is 12. The number of nitrogens with zero attached hydrogens (tertiary/aromatic N) is 4. The van der Waals surface area contributed by atoms with E-state index in [1.165, 1.54) is 173 Å². The lowest BCUT2D eigenvalue weighted by Crippen LogP contribution is -2.30. The molecule has 4 heterocycles. The van der Waals surface area contributed by atoms with Crippen LogP contribution in [0.1, 0.15) is 225 Å². The van der Waals surface area contributed by atoms with Crippen molar-refractivity contribution in [3.8, 4) is 89.5 Å². The molecule has 4 aliphatic carbocycles. The van der Waals surface area contributed by atoms with Crippen molar-refractivity contribution in [2.24, 2.45) is 28.2 Å². The number of hydrogen-bond acceptors (Lipinski definition) is 0. The summed E-state index contributed by atoms with van der Waals surface area (Å²) in [7, 11) is 8.47. The van der Waals surface area contributed by atoms with Crippen LogP contribution in [0.5, 0.6) is 0 Å². The Bertz CT molecular complexity index is 5420. The van der Waals surface area contributed by atoms with Crippen LogP contribution in [0.2, 0.25) is 0 Å². The van der Waals surface area contributed by atoms with Gasteiger partial charge >= 0.3 is 0 Å². The molecule has 4 heteroatoms. The zero-order valence-electron chi connectivity index (χ0n) is 67.8. The molecule has 0 radical (unpaired) electrons. The largest absolute Gasteiger partial charge is 0.212 e. The van der Waals surface area contributed by atoms with Crippen molar-refractivity contribution in [3.05, 3.63) is 308 Å². The topological polar surface area (TPSA) is 15.5 Å². The number of pyridine rings is 4. The summed E-state index contributed by atoms with van der Waals surface area (Å²) in [5, 5.41) is 0. The summed E-state index contributed by atoms with van der Waals surface area (Å²) in [5.74, 6) is 1.02. The Hall–Kier alpha value is -9.64. The summed E-state index contributed by atoms with van der Waals surface area (Å²) < 4.78 is 17.5. The molecule has 4 aliphatic rings. The Labute approximate surface area is 625 Å². The summed E-state index contributed by atoms with van der Waals surface area (Å²) in [4.78, 5) is 0. The highest BCUT2D eigenvalue weighted by atomic mass is 14.9. The van der Waals surface area contributed by atoms with Crippen molar-refractivity contribution in [2.45, 2.75) is 184 Å². The second-order valence-corrected chi connectivity index (χ2v) is 33.7. The van der Waals surface area contributed by atoms with E-state index in [1.54, 1.807) is 0 Å². The highest BCUT2D eigenvalue weighted by Gasteiger charge is 2.42. The van der Waals surface area contributed by atoms with E-state index in [0.717, 1.165) is 5.56 Å². The number of rotatable bonds is 8. The van der Waals surface area contributed by atoms with Crippen molar-refractivity contribution < 1.29 is 19.6 Å². The average molecular weight is 1370 g/mol. The van der Waals surface area contributed by atoms with Gasteiger partial charge in [-0.05, 0) is 233 Å². The van der Waals surface area contributed by atoms with Gasteiger partial charge in [0, 0.05) is 93.8 Å². The third-order valence-electron chi connectivity index (χ3n) is 24.0. The van der Waals surface area contributed by atoms with E-state index in [4.69, 9.17) is 1.37 Å². The molecule has 0 spiro atoms. The molecule has 16 rings (SSSR count). The summed E-state index contributed by atoms with van der Waals surface area (Å²) >= 11 is 0. The third-order valence-corrected chi connectivity index (χ3v) is 24.0. The minimum absolute atomic E-state index is 0.0331. The highest BCUT2D eigenvalue weighted by molar-refractivity contribution is 5.89. The molecule has 0 N–H and O–H groups in total. The Kier molecular flexibility index (Phi) is 18.8. The molecule has 528 valence electrons. The van der Waals surface area contributed by atoms with E-state index in [2.05, 4.69) is 390 Å². The van der Waals surface area contributed by atoms with Crippen molar-refractivity contribution in [1.29, 1.82) is 0 Å². The van der Waals surface area contributed by atoms with Crippen LogP contribution in [-0.2, 0) is 49.9 Å². The molecule has 0 aliphatic heterocycles. The minimum Gasteiger partial charge on any atom is -0.201 e. The summed E-state index contributed by atoms with van der Waals surface area (Å²) in [6.45, 7) is 45.4. The molecule has 8 aromatic carbocycles. The van der Waals surface area contributed by atoms with Gasteiger partial charge in [-0.15, -0.1) is 0 Å². The predicted octanol–water partition coefficient (Wildman–Crippen LogP) is 23.7. The summed E-state index contributed by atoms with van der Waals surface area (Å²) in [6, 6.07) is 72.2. The molecule has 4 aromatic heterocycles. The van der Waals surface area contributed by atoms with Crippen molar-refractivity contribution in [1.82, 2.24) is 0 Å². The zero-order chi connectivity index (χ0) is 75.5. The minimum atomic E-state index is -0.617. The molecule has 0 saturated carbocycles. The van der Waals surface area contributed by atoms with Gasteiger partial charge in [0.2, 0.25) is 22.8 Å². The van der Waals surface area contributed by atoms with Gasteiger partial charge in [-0.1, -0.05) is 208 Å². The maximum Gasteiger partial charge on any atom is 0.212 e. The average Bonchev–Trinajstić information content (AvgIpc) is 1.59. The SMILES string of the molecule is Cc1cc2c(cc1-c1cccc[n+]1C)C(C)(C)c1cc(C(C)C)ccc1-2.Cc1cc2c(cc1-c1cccc[n+]1C)C(C)(C)c1ccc(C(C)C)cc1-2.Cc1cc2c(cc1-c1cccc[n+]1C)C(C)(C)c1cccc(C(C)C)c1-2.[2H]C(C)(C)c1cccc2c1C(C)(C)c1cc(-c3cccc[n+]3C)c(C)cc1-2.